The first-order valence-electron chi connectivity index (χ1n) is 12.9. The number of methoxy groups -OCH3 is 1. The number of amides is 2. The molecular weight excluding hydrogens is 459 g/mol. The Morgan fingerprint density at radius 1 is 1.19 bits per heavy atom. The van der Waals surface area contributed by atoms with Crippen LogP contribution in [0.2, 0.25) is 0 Å². The van der Waals surface area contributed by atoms with Crippen molar-refractivity contribution in [1.29, 1.82) is 0 Å². The van der Waals surface area contributed by atoms with Crippen LogP contribution < -0.4 is 10.1 Å². The monoisotopic (exact) mass is 492 g/mol. The first-order valence-corrected chi connectivity index (χ1v) is 12.9. The molecule has 0 unspecified atom stereocenters. The number of urea groups is 1. The molecule has 2 aliphatic heterocycles. The molecule has 0 bridgehead atoms. The number of aliphatic hydroxyl groups excluding tert-OH is 1. The third-order valence-corrected chi connectivity index (χ3v) is 8.30. The molecule has 0 radical (unpaired) electrons. The highest BCUT2D eigenvalue weighted by Gasteiger charge is 2.49. The van der Waals surface area contributed by atoms with Gasteiger partial charge >= 0.3 is 6.03 Å². The zero-order chi connectivity index (χ0) is 24.9. The average molecular weight is 493 g/mol. The maximum Gasteiger partial charge on any atom is 0.322 e. The van der Waals surface area contributed by atoms with Crippen molar-refractivity contribution in [2.45, 2.75) is 37.1 Å². The minimum absolute atomic E-state index is 0.197. The summed E-state index contributed by atoms with van der Waals surface area (Å²) in [6.45, 7) is 3.49. The number of carbonyl (C=O) groups is 1. The lowest BCUT2D eigenvalue weighted by Gasteiger charge is -2.50. The molecule has 190 valence electrons. The topological polar surface area (TPSA) is 80.8 Å². The zero-order valence-electron chi connectivity index (χ0n) is 20.6. The summed E-state index contributed by atoms with van der Waals surface area (Å²) in [7, 11) is 1.65. The van der Waals surface area contributed by atoms with Crippen LogP contribution in [0, 0.1) is 11.7 Å². The molecule has 2 fully saturated rings. The Morgan fingerprint density at radius 2 is 1.94 bits per heavy atom. The lowest BCUT2D eigenvalue weighted by molar-refractivity contribution is 0.0715. The van der Waals surface area contributed by atoms with E-state index in [1.165, 1.54) is 37.1 Å². The Morgan fingerprint density at radius 3 is 2.61 bits per heavy atom. The van der Waals surface area contributed by atoms with Crippen molar-refractivity contribution in [3.05, 3.63) is 59.5 Å². The van der Waals surface area contributed by atoms with Gasteiger partial charge in [0.2, 0.25) is 0 Å². The van der Waals surface area contributed by atoms with E-state index in [0.717, 1.165) is 54.2 Å². The van der Waals surface area contributed by atoms with Gasteiger partial charge in [-0.05, 0) is 86.7 Å². The second kappa shape index (κ2) is 9.09. The Balaban J connectivity index is 1.38. The molecule has 1 saturated carbocycles. The number of benzene rings is 2. The van der Waals surface area contributed by atoms with Crippen molar-refractivity contribution in [3.63, 3.8) is 0 Å². The van der Waals surface area contributed by atoms with Gasteiger partial charge in [-0.1, -0.05) is 0 Å². The Labute approximate surface area is 210 Å². The highest BCUT2D eigenvalue weighted by molar-refractivity contribution is 5.92. The van der Waals surface area contributed by atoms with Crippen LogP contribution in [-0.4, -0.2) is 65.8 Å². The van der Waals surface area contributed by atoms with E-state index in [-0.39, 0.29) is 23.9 Å². The van der Waals surface area contributed by atoms with E-state index in [1.807, 2.05) is 12.1 Å². The molecule has 1 saturated heterocycles. The van der Waals surface area contributed by atoms with Crippen molar-refractivity contribution < 1.29 is 19.0 Å². The molecule has 1 aromatic heterocycles. The predicted molar refractivity (Wildman–Crippen MR) is 137 cm³/mol. The van der Waals surface area contributed by atoms with Crippen LogP contribution in [0.25, 0.3) is 10.9 Å². The highest BCUT2D eigenvalue weighted by Crippen LogP contribution is 2.49. The summed E-state index contributed by atoms with van der Waals surface area (Å²) in [5.74, 6) is 1.26. The molecule has 7 nitrogen and oxygen atoms in total. The summed E-state index contributed by atoms with van der Waals surface area (Å²) in [4.78, 5) is 21.4. The Hall–Kier alpha value is -3.10. The van der Waals surface area contributed by atoms with Gasteiger partial charge < -0.3 is 29.9 Å². The van der Waals surface area contributed by atoms with Crippen LogP contribution in [0.5, 0.6) is 5.75 Å². The first kappa shape index (κ1) is 23.3. The van der Waals surface area contributed by atoms with Crippen LogP contribution in [0.4, 0.5) is 14.9 Å². The van der Waals surface area contributed by atoms with Gasteiger partial charge in [-0.2, -0.15) is 0 Å². The number of aromatic nitrogens is 1. The maximum absolute atomic E-state index is 13.6. The number of hydrogen-bond donors (Lipinski definition) is 3. The second-order valence-corrected chi connectivity index (χ2v) is 10.6. The van der Waals surface area contributed by atoms with E-state index in [9.17, 15) is 14.3 Å². The van der Waals surface area contributed by atoms with Crippen molar-refractivity contribution in [2.75, 3.05) is 45.2 Å². The molecule has 36 heavy (non-hydrogen) atoms. The fourth-order valence-corrected chi connectivity index (χ4v) is 6.19. The van der Waals surface area contributed by atoms with Gasteiger partial charge in [-0.3, -0.25) is 0 Å². The smallest absolute Gasteiger partial charge is 0.322 e. The number of likely N-dealkylation sites (tertiary alicyclic amines) is 1. The quantitative estimate of drug-likeness (QED) is 0.485. The molecular formula is C28H33FN4O3. The fraction of sp³-hybridized carbons (Fsp3) is 0.464. The lowest BCUT2D eigenvalue weighted by atomic mass is 9.68. The van der Waals surface area contributed by atoms with E-state index in [2.05, 4.69) is 21.3 Å². The largest absolute Gasteiger partial charge is 0.497 e. The van der Waals surface area contributed by atoms with Crippen LogP contribution in [-0.2, 0) is 5.41 Å². The van der Waals surface area contributed by atoms with Crippen molar-refractivity contribution in [3.8, 4) is 5.75 Å². The molecule has 3 aliphatic rings. The van der Waals surface area contributed by atoms with Crippen molar-refractivity contribution >= 4 is 22.6 Å². The van der Waals surface area contributed by atoms with Crippen molar-refractivity contribution in [2.24, 2.45) is 5.92 Å². The van der Waals surface area contributed by atoms with Crippen LogP contribution in [0.3, 0.4) is 0 Å². The van der Waals surface area contributed by atoms with Gasteiger partial charge in [0, 0.05) is 46.9 Å². The van der Waals surface area contributed by atoms with Gasteiger partial charge in [-0.25, -0.2) is 9.18 Å². The van der Waals surface area contributed by atoms with E-state index < -0.39 is 6.04 Å². The first-order chi connectivity index (χ1) is 17.5. The molecule has 2 amide bonds. The molecule has 3 aromatic rings. The number of aromatic amines is 1. The minimum atomic E-state index is -0.506. The zero-order valence-corrected chi connectivity index (χ0v) is 20.6. The van der Waals surface area contributed by atoms with E-state index >= 15 is 0 Å². The number of carbonyl (C=O) groups excluding carboxylic acids is 1. The number of halogens is 1. The van der Waals surface area contributed by atoms with E-state index in [4.69, 9.17) is 4.74 Å². The number of aliphatic hydroxyl groups is 1. The normalized spacial score (nSPS) is 21.5. The molecule has 6 rings (SSSR count). The summed E-state index contributed by atoms with van der Waals surface area (Å²) in [6, 6.07) is 11.0. The third-order valence-electron chi connectivity index (χ3n) is 8.30. The molecule has 2 aromatic carbocycles. The average Bonchev–Trinajstić information content (AvgIpc) is 3.62. The molecule has 1 aliphatic carbocycles. The third kappa shape index (κ3) is 4.12. The Kier molecular flexibility index (Phi) is 5.88. The molecule has 1 spiro atoms. The van der Waals surface area contributed by atoms with Gasteiger partial charge in [0.05, 0.1) is 19.8 Å². The summed E-state index contributed by atoms with van der Waals surface area (Å²) >= 11 is 0. The van der Waals surface area contributed by atoms with Gasteiger partial charge in [-0.15, -0.1) is 0 Å². The second-order valence-electron chi connectivity index (χ2n) is 10.6. The molecule has 8 heteroatoms. The molecule has 1 atom stereocenters. The highest BCUT2D eigenvalue weighted by atomic mass is 19.1. The standard InChI is InChI=1S/C28H33FN4O3/c1-36-21-8-9-22-23(14-21)31-26-24(16-34)33(27(35)30-20-6-4-19(29)5-7-20)17-28(25(22)26)10-12-32(13-11-28)15-18-2-3-18/h4-9,14,18,24,31,34H,2-3,10-13,15-17H2,1H3,(H,30,35)/t24-/m0/s1. The lowest BCUT2D eigenvalue weighted by Crippen LogP contribution is -2.56. The number of anilines is 1. The fourth-order valence-electron chi connectivity index (χ4n) is 6.19. The van der Waals surface area contributed by atoms with Gasteiger partial charge in [0.25, 0.3) is 0 Å². The number of nitrogens with one attached hydrogen (secondary N) is 2. The van der Waals surface area contributed by atoms with Gasteiger partial charge in [0.15, 0.2) is 0 Å². The molecule has 3 N–H and O–H groups in total. The Bertz CT molecular complexity index is 1260. The predicted octanol–water partition coefficient (Wildman–Crippen LogP) is 4.64. The summed E-state index contributed by atoms with van der Waals surface area (Å²) in [5.41, 5.74) is 3.40. The number of fused-ring (bicyclic) bond motifs is 4. The van der Waals surface area contributed by atoms with Crippen molar-refractivity contribution in [1.82, 2.24) is 14.8 Å². The minimum Gasteiger partial charge on any atom is -0.497 e. The number of hydrogen-bond acceptors (Lipinski definition) is 4. The summed E-state index contributed by atoms with van der Waals surface area (Å²) in [6.07, 6.45) is 4.57. The van der Waals surface area contributed by atoms with Gasteiger partial charge in [0.1, 0.15) is 11.6 Å². The number of ether oxygens (including phenoxy) is 1. The molecule has 3 heterocycles. The van der Waals surface area contributed by atoms with E-state index in [1.54, 1.807) is 24.1 Å². The summed E-state index contributed by atoms with van der Waals surface area (Å²) < 4.78 is 18.9. The van der Waals surface area contributed by atoms with Crippen LogP contribution in [0.15, 0.2) is 42.5 Å². The number of H-pyrrole nitrogens is 1. The SMILES string of the molecule is COc1ccc2c3c([nH]c2c1)[C@H](CO)N(C(=O)Nc1ccc(F)cc1)CC31CCN(CC2CC2)CC1. The maximum atomic E-state index is 13.6. The number of piperidine rings is 1. The van der Waals surface area contributed by atoms with Crippen LogP contribution in [0.1, 0.15) is 43.0 Å². The van der Waals surface area contributed by atoms with E-state index in [0.29, 0.717) is 12.2 Å². The van der Waals surface area contributed by atoms with Crippen LogP contribution >= 0.6 is 0 Å². The summed E-state index contributed by atoms with van der Waals surface area (Å²) in [5, 5.41) is 14.5. The number of nitrogens with zero attached hydrogens (tertiary/aromatic N) is 2. The number of rotatable bonds is 5.